The molecule has 0 saturated carbocycles. The molecule has 92 valence electrons. The lowest BCUT2D eigenvalue weighted by atomic mass is 9.88. The smallest absolute Gasteiger partial charge is 0.240 e. The van der Waals surface area contributed by atoms with Gasteiger partial charge >= 0.3 is 0 Å². The van der Waals surface area contributed by atoms with Crippen LogP contribution >= 0.6 is 11.8 Å². The lowest BCUT2D eigenvalue weighted by Gasteiger charge is -2.22. The van der Waals surface area contributed by atoms with Crippen molar-refractivity contribution in [1.29, 1.82) is 5.26 Å². The minimum atomic E-state index is -0.883. The number of amides is 1. The lowest BCUT2D eigenvalue weighted by molar-refractivity contribution is -0.128. The zero-order valence-corrected chi connectivity index (χ0v) is 11.5. The van der Waals surface area contributed by atoms with Crippen LogP contribution < -0.4 is 5.32 Å². The van der Waals surface area contributed by atoms with Crippen LogP contribution in [0.25, 0.3) is 0 Å². The lowest BCUT2D eigenvalue weighted by Crippen LogP contribution is -2.42. The van der Waals surface area contributed by atoms with E-state index >= 15 is 0 Å². The summed E-state index contributed by atoms with van der Waals surface area (Å²) in [6.45, 7) is 7.66. The standard InChI is InChI=1S/C12H22N2OS/c1-5-12(4,9-13)11(15)14-10(3)7-8-16-6-2/h10H,5-8H2,1-4H3,(H,14,15). The largest absolute Gasteiger partial charge is 0.352 e. The van der Waals surface area contributed by atoms with Crippen molar-refractivity contribution in [3.05, 3.63) is 0 Å². The van der Waals surface area contributed by atoms with Crippen LogP contribution in [0.3, 0.4) is 0 Å². The minimum Gasteiger partial charge on any atom is -0.352 e. The van der Waals surface area contributed by atoms with E-state index in [0.717, 1.165) is 17.9 Å². The Morgan fingerprint density at radius 2 is 2.19 bits per heavy atom. The summed E-state index contributed by atoms with van der Waals surface area (Å²) in [4.78, 5) is 11.8. The van der Waals surface area contributed by atoms with Crippen molar-refractivity contribution in [2.75, 3.05) is 11.5 Å². The molecule has 1 N–H and O–H groups in total. The van der Waals surface area contributed by atoms with Gasteiger partial charge in [0.1, 0.15) is 5.41 Å². The molecule has 0 aliphatic rings. The number of hydrogen-bond acceptors (Lipinski definition) is 3. The number of carbonyl (C=O) groups is 1. The Morgan fingerprint density at radius 3 is 2.62 bits per heavy atom. The first kappa shape index (κ1) is 15.3. The molecule has 0 heterocycles. The third-order valence-corrected chi connectivity index (χ3v) is 3.66. The van der Waals surface area contributed by atoms with E-state index in [-0.39, 0.29) is 11.9 Å². The summed E-state index contributed by atoms with van der Waals surface area (Å²) in [7, 11) is 0. The summed E-state index contributed by atoms with van der Waals surface area (Å²) in [6.07, 6.45) is 1.50. The molecule has 3 nitrogen and oxygen atoms in total. The second-order valence-electron chi connectivity index (χ2n) is 4.16. The first-order valence-corrected chi connectivity index (χ1v) is 6.95. The van der Waals surface area contributed by atoms with Gasteiger partial charge in [0.05, 0.1) is 6.07 Å². The van der Waals surface area contributed by atoms with Crippen molar-refractivity contribution in [1.82, 2.24) is 5.32 Å². The van der Waals surface area contributed by atoms with E-state index in [1.54, 1.807) is 6.92 Å². The molecule has 0 aromatic heterocycles. The quantitative estimate of drug-likeness (QED) is 0.698. The summed E-state index contributed by atoms with van der Waals surface area (Å²) in [5.74, 6) is 2.00. The van der Waals surface area contributed by atoms with Crippen LogP contribution in [0.5, 0.6) is 0 Å². The molecule has 0 spiro atoms. The molecule has 4 heteroatoms. The van der Waals surface area contributed by atoms with Crippen LogP contribution in [0.1, 0.15) is 40.5 Å². The van der Waals surface area contributed by atoms with Gasteiger partial charge in [0.15, 0.2) is 0 Å². The second kappa shape index (κ2) is 7.56. The van der Waals surface area contributed by atoms with Crippen LogP contribution in [0.4, 0.5) is 0 Å². The van der Waals surface area contributed by atoms with Gasteiger partial charge in [-0.25, -0.2) is 0 Å². The van der Waals surface area contributed by atoms with Gasteiger partial charge in [-0.3, -0.25) is 4.79 Å². The van der Waals surface area contributed by atoms with E-state index in [9.17, 15) is 4.79 Å². The average molecular weight is 242 g/mol. The maximum absolute atomic E-state index is 11.8. The molecule has 0 aromatic carbocycles. The molecule has 0 aromatic rings. The Morgan fingerprint density at radius 1 is 1.56 bits per heavy atom. The first-order chi connectivity index (χ1) is 7.50. The highest BCUT2D eigenvalue weighted by Crippen LogP contribution is 2.20. The van der Waals surface area contributed by atoms with E-state index in [2.05, 4.69) is 18.3 Å². The van der Waals surface area contributed by atoms with E-state index in [0.29, 0.717) is 6.42 Å². The Hall–Kier alpha value is -0.690. The predicted molar refractivity (Wildman–Crippen MR) is 69.2 cm³/mol. The Labute approximate surface area is 103 Å². The molecule has 0 bridgehead atoms. The number of thioether (sulfide) groups is 1. The van der Waals surface area contributed by atoms with Crippen LogP contribution in [-0.2, 0) is 4.79 Å². The fraction of sp³-hybridized carbons (Fsp3) is 0.833. The van der Waals surface area contributed by atoms with E-state index in [1.165, 1.54) is 0 Å². The predicted octanol–water partition coefficient (Wildman–Crippen LogP) is 2.57. The monoisotopic (exact) mass is 242 g/mol. The molecule has 0 aliphatic carbocycles. The SMILES string of the molecule is CCSCCC(C)NC(=O)C(C)(C#N)CC. The zero-order chi connectivity index (χ0) is 12.6. The van der Waals surface area contributed by atoms with E-state index in [1.807, 2.05) is 25.6 Å². The van der Waals surface area contributed by atoms with Crippen molar-refractivity contribution < 1.29 is 4.79 Å². The van der Waals surface area contributed by atoms with Crippen molar-refractivity contribution in [3.8, 4) is 6.07 Å². The number of hydrogen-bond donors (Lipinski definition) is 1. The summed E-state index contributed by atoms with van der Waals surface area (Å²) in [5, 5.41) is 11.9. The van der Waals surface area contributed by atoms with Gasteiger partial charge in [-0.15, -0.1) is 0 Å². The minimum absolute atomic E-state index is 0.144. The Balaban J connectivity index is 4.09. The summed E-state index contributed by atoms with van der Waals surface area (Å²) >= 11 is 1.87. The zero-order valence-electron chi connectivity index (χ0n) is 10.7. The molecular formula is C12H22N2OS. The van der Waals surface area contributed by atoms with Crippen molar-refractivity contribution in [3.63, 3.8) is 0 Å². The molecule has 2 unspecified atom stereocenters. The number of carbonyl (C=O) groups excluding carboxylic acids is 1. The average Bonchev–Trinajstić information content (AvgIpc) is 2.28. The van der Waals surface area contributed by atoms with Crippen molar-refractivity contribution in [2.24, 2.45) is 5.41 Å². The molecular weight excluding hydrogens is 220 g/mol. The van der Waals surface area contributed by atoms with Gasteiger partial charge in [0.2, 0.25) is 5.91 Å². The normalized spacial score (nSPS) is 15.9. The van der Waals surface area contributed by atoms with Gasteiger partial charge in [0.25, 0.3) is 0 Å². The van der Waals surface area contributed by atoms with Gasteiger partial charge in [-0.05, 0) is 38.2 Å². The highest BCUT2D eigenvalue weighted by molar-refractivity contribution is 7.99. The third-order valence-electron chi connectivity index (χ3n) is 2.73. The Bertz CT molecular complexity index is 262. The summed E-state index contributed by atoms with van der Waals surface area (Å²) in [5.41, 5.74) is -0.883. The van der Waals surface area contributed by atoms with Crippen molar-refractivity contribution in [2.45, 2.75) is 46.6 Å². The van der Waals surface area contributed by atoms with Crippen LogP contribution in [0, 0.1) is 16.7 Å². The van der Waals surface area contributed by atoms with Crippen LogP contribution in [-0.4, -0.2) is 23.5 Å². The van der Waals surface area contributed by atoms with Gasteiger partial charge in [0, 0.05) is 6.04 Å². The fourth-order valence-corrected chi connectivity index (χ4v) is 1.96. The Kier molecular flexibility index (Phi) is 7.24. The van der Waals surface area contributed by atoms with Crippen LogP contribution in [0.15, 0.2) is 0 Å². The highest BCUT2D eigenvalue weighted by Gasteiger charge is 2.31. The molecule has 2 atom stereocenters. The number of rotatable bonds is 7. The topological polar surface area (TPSA) is 52.9 Å². The summed E-state index contributed by atoms with van der Waals surface area (Å²) < 4.78 is 0. The van der Waals surface area contributed by atoms with Crippen LogP contribution in [0.2, 0.25) is 0 Å². The number of nitrogens with zero attached hydrogens (tertiary/aromatic N) is 1. The first-order valence-electron chi connectivity index (χ1n) is 5.80. The molecule has 0 aliphatic heterocycles. The summed E-state index contributed by atoms with van der Waals surface area (Å²) in [6, 6.07) is 2.23. The van der Waals surface area contributed by atoms with Gasteiger partial charge < -0.3 is 5.32 Å². The maximum atomic E-state index is 11.8. The molecule has 1 amide bonds. The van der Waals surface area contributed by atoms with Gasteiger partial charge in [-0.1, -0.05) is 13.8 Å². The van der Waals surface area contributed by atoms with E-state index < -0.39 is 5.41 Å². The molecule has 0 radical (unpaired) electrons. The number of nitriles is 1. The molecule has 0 saturated heterocycles. The third kappa shape index (κ3) is 4.89. The number of nitrogens with one attached hydrogen (secondary N) is 1. The molecule has 0 fully saturated rings. The molecule has 0 rings (SSSR count). The fourth-order valence-electron chi connectivity index (χ4n) is 1.15. The van der Waals surface area contributed by atoms with E-state index in [4.69, 9.17) is 5.26 Å². The molecule has 16 heavy (non-hydrogen) atoms. The highest BCUT2D eigenvalue weighted by atomic mass is 32.2. The van der Waals surface area contributed by atoms with Gasteiger partial charge in [-0.2, -0.15) is 17.0 Å². The maximum Gasteiger partial charge on any atom is 0.240 e. The van der Waals surface area contributed by atoms with Crippen molar-refractivity contribution >= 4 is 17.7 Å². The second-order valence-corrected chi connectivity index (χ2v) is 5.55.